The van der Waals surface area contributed by atoms with E-state index in [1.807, 2.05) is 61.5 Å². The van der Waals surface area contributed by atoms with Crippen molar-refractivity contribution in [3.63, 3.8) is 0 Å². The standard InChI is InChI=1S/C20H16N4O2/c1-14-7-9-16(10-8-14)20-22-21-18(26-20)13-24-19(25)12-11-17(23-24)15-5-3-2-4-6-15/h2-12H,13H2,1H3. The number of aromatic nitrogens is 4. The van der Waals surface area contributed by atoms with Crippen LogP contribution in [0.4, 0.5) is 0 Å². The molecule has 0 aliphatic heterocycles. The van der Waals surface area contributed by atoms with E-state index in [1.54, 1.807) is 6.07 Å². The second-order valence-electron chi connectivity index (χ2n) is 5.95. The first kappa shape index (κ1) is 16.0. The van der Waals surface area contributed by atoms with Gasteiger partial charge in [-0.1, -0.05) is 48.0 Å². The highest BCUT2D eigenvalue weighted by molar-refractivity contribution is 5.57. The molecule has 0 atom stereocenters. The average Bonchev–Trinajstić information content (AvgIpc) is 3.13. The molecule has 128 valence electrons. The Balaban J connectivity index is 1.62. The fraction of sp³-hybridized carbons (Fsp3) is 0.100. The SMILES string of the molecule is Cc1ccc(-c2nnc(Cn3nc(-c4ccccc4)ccc3=O)o2)cc1. The Kier molecular flexibility index (Phi) is 4.15. The molecule has 0 aliphatic rings. The summed E-state index contributed by atoms with van der Waals surface area (Å²) in [6.07, 6.45) is 0. The third-order valence-electron chi connectivity index (χ3n) is 3.99. The van der Waals surface area contributed by atoms with Crippen molar-refractivity contribution >= 4 is 0 Å². The van der Waals surface area contributed by atoms with E-state index < -0.39 is 0 Å². The Hall–Kier alpha value is -3.54. The van der Waals surface area contributed by atoms with Crippen molar-refractivity contribution in [2.75, 3.05) is 0 Å². The molecule has 2 aromatic carbocycles. The molecular formula is C20H16N4O2. The summed E-state index contributed by atoms with van der Waals surface area (Å²) in [5.74, 6) is 0.757. The van der Waals surface area contributed by atoms with Gasteiger partial charge < -0.3 is 4.42 Å². The quantitative estimate of drug-likeness (QED) is 0.568. The molecule has 0 radical (unpaired) electrons. The minimum absolute atomic E-state index is 0.123. The Bertz CT molecular complexity index is 1080. The van der Waals surface area contributed by atoms with E-state index in [4.69, 9.17) is 4.42 Å². The van der Waals surface area contributed by atoms with Crippen LogP contribution in [-0.2, 0) is 6.54 Å². The lowest BCUT2D eigenvalue weighted by atomic mass is 10.1. The smallest absolute Gasteiger partial charge is 0.267 e. The van der Waals surface area contributed by atoms with E-state index in [2.05, 4.69) is 15.3 Å². The minimum atomic E-state index is -0.222. The number of hydrogen-bond donors (Lipinski definition) is 0. The summed E-state index contributed by atoms with van der Waals surface area (Å²) in [6.45, 7) is 2.14. The predicted octanol–water partition coefficient (Wildman–Crippen LogP) is 3.32. The first-order chi connectivity index (χ1) is 12.7. The summed E-state index contributed by atoms with van der Waals surface area (Å²) < 4.78 is 7.02. The Morgan fingerprint density at radius 3 is 2.42 bits per heavy atom. The molecule has 0 spiro atoms. The third kappa shape index (κ3) is 3.30. The maximum absolute atomic E-state index is 12.1. The summed E-state index contributed by atoms with van der Waals surface area (Å²) in [6, 6.07) is 20.7. The monoisotopic (exact) mass is 344 g/mol. The van der Waals surface area contributed by atoms with Gasteiger partial charge in [0.1, 0.15) is 6.54 Å². The van der Waals surface area contributed by atoms with Crippen molar-refractivity contribution in [1.82, 2.24) is 20.0 Å². The van der Waals surface area contributed by atoms with Crippen LogP contribution in [0.3, 0.4) is 0 Å². The van der Waals surface area contributed by atoms with Crippen LogP contribution in [-0.4, -0.2) is 20.0 Å². The molecular weight excluding hydrogens is 328 g/mol. The topological polar surface area (TPSA) is 73.8 Å². The van der Waals surface area contributed by atoms with E-state index in [1.165, 1.54) is 10.7 Å². The molecule has 6 heteroatoms. The maximum atomic E-state index is 12.1. The summed E-state index contributed by atoms with van der Waals surface area (Å²) in [4.78, 5) is 12.1. The van der Waals surface area contributed by atoms with E-state index in [9.17, 15) is 4.79 Å². The Labute approximate surface area is 149 Å². The molecule has 0 saturated heterocycles. The van der Waals surface area contributed by atoms with Gasteiger partial charge in [0.05, 0.1) is 5.69 Å². The molecule has 0 N–H and O–H groups in total. The highest BCUT2D eigenvalue weighted by atomic mass is 16.4. The van der Waals surface area contributed by atoms with Crippen LogP contribution < -0.4 is 5.56 Å². The predicted molar refractivity (Wildman–Crippen MR) is 97.5 cm³/mol. The van der Waals surface area contributed by atoms with Crippen molar-refractivity contribution in [3.05, 3.63) is 88.5 Å². The molecule has 0 amide bonds. The van der Waals surface area contributed by atoms with Gasteiger partial charge in [0.15, 0.2) is 0 Å². The lowest BCUT2D eigenvalue weighted by Crippen LogP contribution is -2.23. The zero-order chi connectivity index (χ0) is 17.9. The van der Waals surface area contributed by atoms with Gasteiger partial charge in [-0.3, -0.25) is 4.79 Å². The molecule has 0 bridgehead atoms. The van der Waals surface area contributed by atoms with Gasteiger partial charge in [0.2, 0.25) is 11.8 Å². The summed E-state index contributed by atoms with van der Waals surface area (Å²) in [5.41, 5.74) is 3.42. The first-order valence-corrected chi connectivity index (χ1v) is 8.22. The summed E-state index contributed by atoms with van der Waals surface area (Å²) in [5, 5.41) is 12.5. The van der Waals surface area contributed by atoms with Gasteiger partial charge in [0.25, 0.3) is 5.56 Å². The van der Waals surface area contributed by atoms with Crippen LogP contribution in [0.5, 0.6) is 0 Å². The van der Waals surface area contributed by atoms with E-state index >= 15 is 0 Å². The maximum Gasteiger partial charge on any atom is 0.267 e. The zero-order valence-corrected chi connectivity index (χ0v) is 14.2. The number of rotatable bonds is 4. The molecule has 0 fully saturated rings. The molecule has 4 rings (SSSR count). The molecule has 2 heterocycles. The number of benzene rings is 2. The number of hydrogen-bond acceptors (Lipinski definition) is 5. The van der Waals surface area contributed by atoms with Gasteiger partial charge in [-0.15, -0.1) is 10.2 Å². The Morgan fingerprint density at radius 2 is 1.65 bits per heavy atom. The highest BCUT2D eigenvalue weighted by Crippen LogP contribution is 2.19. The van der Waals surface area contributed by atoms with Gasteiger partial charge in [-0.2, -0.15) is 5.10 Å². The molecule has 6 nitrogen and oxygen atoms in total. The van der Waals surface area contributed by atoms with Crippen molar-refractivity contribution in [3.8, 4) is 22.7 Å². The summed E-state index contributed by atoms with van der Waals surface area (Å²) >= 11 is 0. The fourth-order valence-corrected chi connectivity index (χ4v) is 2.58. The van der Waals surface area contributed by atoms with E-state index in [0.717, 1.165) is 16.7 Å². The average molecular weight is 344 g/mol. The minimum Gasteiger partial charge on any atom is -0.419 e. The van der Waals surface area contributed by atoms with Crippen molar-refractivity contribution in [2.24, 2.45) is 0 Å². The lowest BCUT2D eigenvalue weighted by molar-refractivity contribution is 0.466. The first-order valence-electron chi connectivity index (χ1n) is 8.22. The van der Waals surface area contributed by atoms with Crippen LogP contribution in [0.2, 0.25) is 0 Å². The second-order valence-corrected chi connectivity index (χ2v) is 5.95. The molecule has 2 aromatic heterocycles. The van der Waals surface area contributed by atoms with Gasteiger partial charge in [-0.05, 0) is 25.1 Å². The highest BCUT2D eigenvalue weighted by Gasteiger charge is 2.11. The largest absolute Gasteiger partial charge is 0.419 e. The van der Waals surface area contributed by atoms with Crippen LogP contribution >= 0.6 is 0 Å². The summed E-state index contributed by atoms with van der Waals surface area (Å²) in [7, 11) is 0. The fourth-order valence-electron chi connectivity index (χ4n) is 2.58. The number of nitrogens with zero attached hydrogens (tertiary/aromatic N) is 4. The zero-order valence-electron chi connectivity index (χ0n) is 14.2. The van der Waals surface area contributed by atoms with E-state index in [0.29, 0.717) is 17.5 Å². The second kappa shape index (κ2) is 6.76. The van der Waals surface area contributed by atoms with E-state index in [-0.39, 0.29) is 12.1 Å². The number of aryl methyl sites for hydroxylation is 1. The van der Waals surface area contributed by atoms with Crippen molar-refractivity contribution in [1.29, 1.82) is 0 Å². The van der Waals surface area contributed by atoms with Gasteiger partial charge >= 0.3 is 0 Å². The van der Waals surface area contributed by atoms with Crippen LogP contribution in [0.15, 0.2) is 75.9 Å². The molecule has 0 unspecified atom stereocenters. The Morgan fingerprint density at radius 1 is 0.885 bits per heavy atom. The van der Waals surface area contributed by atoms with Crippen LogP contribution in [0.25, 0.3) is 22.7 Å². The third-order valence-corrected chi connectivity index (χ3v) is 3.99. The van der Waals surface area contributed by atoms with Gasteiger partial charge in [0, 0.05) is 17.2 Å². The molecule has 0 saturated carbocycles. The normalized spacial score (nSPS) is 10.8. The molecule has 26 heavy (non-hydrogen) atoms. The van der Waals surface area contributed by atoms with Crippen molar-refractivity contribution in [2.45, 2.75) is 13.5 Å². The van der Waals surface area contributed by atoms with Crippen molar-refractivity contribution < 1.29 is 4.42 Å². The lowest BCUT2D eigenvalue weighted by Gasteiger charge is -2.05. The van der Waals surface area contributed by atoms with Crippen LogP contribution in [0, 0.1) is 6.92 Å². The van der Waals surface area contributed by atoms with Crippen LogP contribution in [0.1, 0.15) is 11.5 Å². The molecule has 0 aliphatic carbocycles. The molecule has 4 aromatic rings. The van der Waals surface area contributed by atoms with Gasteiger partial charge in [-0.25, -0.2) is 4.68 Å².